The molecular weight excluding hydrogens is 264 g/mol. The van der Waals surface area contributed by atoms with Crippen molar-refractivity contribution in [2.45, 2.75) is 39.5 Å². The molecule has 0 bridgehead atoms. The third-order valence-corrected chi connectivity index (χ3v) is 5.07. The van der Waals surface area contributed by atoms with Crippen LogP contribution in [-0.2, 0) is 6.42 Å². The molecule has 2 aliphatic rings. The fourth-order valence-electron chi connectivity index (χ4n) is 3.48. The average Bonchev–Trinajstić information content (AvgIpc) is 2.84. The number of hydrogen-bond donors (Lipinski definition) is 0. The lowest BCUT2D eigenvalue weighted by Crippen LogP contribution is -2.04. The van der Waals surface area contributed by atoms with Crippen molar-refractivity contribution < 1.29 is 0 Å². The van der Waals surface area contributed by atoms with Crippen LogP contribution in [0, 0.1) is 11.8 Å². The van der Waals surface area contributed by atoms with Crippen LogP contribution in [0.25, 0.3) is 5.57 Å². The summed E-state index contributed by atoms with van der Waals surface area (Å²) in [5, 5.41) is 0. The maximum absolute atomic E-state index is 4.34. The summed E-state index contributed by atoms with van der Waals surface area (Å²) < 4.78 is 0. The second-order valence-corrected chi connectivity index (χ2v) is 6.66. The van der Waals surface area contributed by atoms with Crippen molar-refractivity contribution in [3.8, 4) is 0 Å². The fourth-order valence-corrected chi connectivity index (χ4v) is 3.48. The number of rotatable bonds is 2. The minimum atomic E-state index is 0.592. The maximum atomic E-state index is 4.34. The Morgan fingerprint density at radius 2 is 1.95 bits per heavy atom. The zero-order valence-electron chi connectivity index (χ0n) is 13.8. The Kier molecular flexibility index (Phi) is 4.47. The molecule has 2 atom stereocenters. The highest BCUT2D eigenvalue weighted by molar-refractivity contribution is 5.85. The molecule has 1 aromatic carbocycles. The van der Waals surface area contributed by atoms with Gasteiger partial charge in [-0.15, -0.1) is 0 Å². The van der Waals surface area contributed by atoms with Crippen molar-refractivity contribution in [1.82, 2.24) is 0 Å². The Hall–Kier alpha value is -1.82. The van der Waals surface area contributed by atoms with Crippen molar-refractivity contribution in [3.63, 3.8) is 0 Å². The van der Waals surface area contributed by atoms with Crippen LogP contribution in [0.4, 0.5) is 0 Å². The lowest BCUT2D eigenvalue weighted by molar-refractivity contribution is 0.602. The van der Waals surface area contributed by atoms with Crippen molar-refractivity contribution in [2.24, 2.45) is 11.8 Å². The molecule has 2 aliphatic carbocycles. The number of allylic oxidation sites excluding steroid dienone is 7. The second-order valence-electron chi connectivity index (χ2n) is 6.66. The van der Waals surface area contributed by atoms with Gasteiger partial charge in [-0.25, -0.2) is 0 Å². The molecule has 1 aromatic rings. The van der Waals surface area contributed by atoms with Gasteiger partial charge in [0, 0.05) is 0 Å². The number of fused-ring (bicyclic) bond motifs is 1. The smallest absolute Gasteiger partial charge is 0.00136 e. The Bertz CT molecular complexity index is 654. The van der Waals surface area contributed by atoms with Gasteiger partial charge in [-0.1, -0.05) is 69.0 Å². The van der Waals surface area contributed by atoms with Gasteiger partial charge in [0.1, 0.15) is 0 Å². The van der Waals surface area contributed by atoms with Gasteiger partial charge in [0.15, 0.2) is 0 Å². The zero-order valence-corrected chi connectivity index (χ0v) is 13.8. The van der Waals surface area contributed by atoms with Crippen LogP contribution in [0.3, 0.4) is 0 Å². The molecule has 0 spiro atoms. The molecule has 0 N–H and O–H groups in total. The van der Waals surface area contributed by atoms with Gasteiger partial charge in [-0.3, -0.25) is 0 Å². The van der Waals surface area contributed by atoms with Crippen molar-refractivity contribution >= 4 is 5.57 Å². The number of benzene rings is 1. The Labute approximate surface area is 135 Å². The van der Waals surface area contributed by atoms with E-state index in [9.17, 15) is 0 Å². The Balaban J connectivity index is 1.92. The van der Waals surface area contributed by atoms with Gasteiger partial charge < -0.3 is 0 Å². The fraction of sp³-hybridized carbons (Fsp3) is 0.364. The van der Waals surface area contributed by atoms with Crippen molar-refractivity contribution in [1.29, 1.82) is 0 Å². The van der Waals surface area contributed by atoms with E-state index < -0.39 is 0 Å². The lowest BCUT2D eigenvalue weighted by atomic mass is 9.87. The highest BCUT2D eigenvalue weighted by Gasteiger charge is 2.20. The molecule has 0 radical (unpaired) electrons. The maximum Gasteiger partial charge on any atom is -0.00136 e. The molecule has 0 fully saturated rings. The first-order valence-corrected chi connectivity index (χ1v) is 8.54. The summed E-state index contributed by atoms with van der Waals surface area (Å²) >= 11 is 0. The van der Waals surface area contributed by atoms with Gasteiger partial charge in [0.05, 0.1) is 0 Å². The van der Waals surface area contributed by atoms with E-state index in [1.807, 2.05) is 0 Å². The summed E-state index contributed by atoms with van der Waals surface area (Å²) in [5.74, 6) is 1.26. The van der Waals surface area contributed by atoms with Gasteiger partial charge in [0.25, 0.3) is 0 Å². The Morgan fingerprint density at radius 3 is 2.73 bits per heavy atom. The normalized spacial score (nSPS) is 26.5. The molecule has 0 aliphatic heterocycles. The van der Waals surface area contributed by atoms with Crippen LogP contribution in [0.1, 0.15) is 44.2 Å². The van der Waals surface area contributed by atoms with E-state index in [4.69, 9.17) is 0 Å². The third-order valence-electron chi connectivity index (χ3n) is 5.07. The van der Waals surface area contributed by atoms with Gasteiger partial charge in [0.2, 0.25) is 0 Å². The summed E-state index contributed by atoms with van der Waals surface area (Å²) in [4.78, 5) is 0. The van der Waals surface area contributed by atoms with Gasteiger partial charge in [-0.2, -0.15) is 0 Å². The van der Waals surface area contributed by atoms with E-state index in [0.29, 0.717) is 11.8 Å². The van der Waals surface area contributed by atoms with E-state index in [2.05, 4.69) is 69.0 Å². The zero-order chi connectivity index (χ0) is 15.5. The molecule has 114 valence electrons. The molecule has 0 amide bonds. The Morgan fingerprint density at radius 1 is 1.18 bits per heavy atom. The van der Waals surface area contributed by atoms with E-state index in [1.54, 1.807) is 0 Å². The SMILES string of the molecule is C=C1C(=CC2=CC(CC)CC=CCC2C)Cc2ccccc21. The van der Waals surface area contributed by atoms with Crippen molar-refractivity contribution in [2.75, 3.05) is 0 Å². The quantitative estimate of drug-likeness (QED) is 0.575. The highest BCUT2D eigenvalue weighted by Crippen LogP contribution is 2.37. The van der Waals surface area contributed by atoms with Crippen LogP contribution in [-0.4, -0.2) is 0 Å². The molecular formula is C22H26. The molecule has 22 heavy (non-hydrogen) atoms. The van der Waals surface area contributed by atoms with E-state index in [-0.39, 0.29) is 0 Å². The minimum Gasteiger partial charge on any atom is -0.0909 e. The third kappa shape index (κ3) is 3.02. The largest absolute Gasteiger partial charge is 0.0909 e. The summed E-state index contributed by atoms with van der Waals surface area (Å²) in [5.41, 5.74) is 6.87. The van der Waals surface area contributed by atoms with Crippen LogP contribution >= 0.6 is 0 Å². The van der Waals surface area contributed by atoms with Crippen LogP contribution in [0.15, 0.2) is 66.3 Å². The lowest BCUT2D eigenvalue weighted by Gasteiger charge is -2.18. The molecule has 0 aromatic heterocycles. The molecule has 0 heteroatoms. The monoisotopic (exact) mass is 290 g/mol. The molecule has 2 unspecified atom stereocenters. The van der Waals surface area contributed by atoms with Crippen LogP contribution in [0.2, 0.25) is 0 Å². The first-order valence-electron chi connectivity index (χ1n) is 8.54. The summed E-state index contributed by atoms with van der Waals surface area (Å²) in [6.07, 6.45) is 14.2. The van der Waals surface area contributed by atoms with E-state index in [0.717, 1.165) is 12.8 Å². The topological polar surface area (TPSA) is 0 Å². The summed E-state index contributed by atoms with van der Waals surface area (Å²) in [6.45, 7) is 8.97. The molecule has 3 rings (SSSR count). The molecule has 0 saturated heterocycles. The predicted molar refractivity (Wildman–Crippen MR) is 96.7 cm³/mol. The first-order chi connectivity index (χ1) is 10.7. The van der Waals surface area contributed by atoms with Crippen molar-refractivity contribution in [3.05, 3.63) is 77.4 Å². The molecule has 0 heterocycles. The summed E-state index contributed by atoms with van der Waals surface area (Å²) in [6, 6.07) is 8.67. The van der Waals surface area contributed by atoms with E-state index in [1.165, 1.54) is 40.7 Å². The van der Waals surface area contributed by atoms with Crippen LogP contribution < -0.4 is 0 Å². The first kappa shape index (κ1) is 15.1. The second kappa shape index (κ2) is 6.52. The number of hydrogen-bond acceptors (Lipinski definition) is 0. The molecule has 0 saturated carbocycles. The van der Waals surface area contributed by atoms with E-state index >= 15 is 0 Å². The van der Waals surface area contributed by atoms with Gasteiger partial charge >= 0.3 is 0 Å². The summed E-state index contributed by atoms with van der Waals surface area (Å²) in [7, 11) is 0. The van der Waals surface area contributed by atoms with Crippen LogP contribution in [0.5, 0.6) is 0 Å². The highest BCUT2D eigenvalue weighted by atomic mass is 14.2. The molecule has 0 nitrogen and oxygen atoms in total. The van der Waals surface area contributed by atoms with Gasteiger partial charge in [-0.05, 0) is 65.4 Å². The minimum absolute atomic E-state index is 0.592. The predicted octanol–water partition coefficient (Wildman–Crippen LogP) is 6.12. The standard InChI is InChI=1S/C22H26/c1-4-18-10-6-5-9-16(2)20(13-18)15-21-14-19-11-7-8-12-22(19)17(21)3/h5-8,11-13,15-16,18H,3-4,9-10,14H2,1-2H3. The average molecular weight is 290 g/mol.